The lowest BCUT2D eigenvalue weighted by molar-refractivity contribution is -0.384. The van der Waals surface area contributed by atoms with E-state index in [4.69, 9.17) is 11.6 Å². The van der Waals surface area contributed by atoms with Gasteiger partial charge in [-0.1, -0.05) is 11.6 Å². The number of thiophene rings is 1. The number of nitrogens with zero attached hydrogens (tertiary/aromatic N) is 4. The van der Waals surface area contributed by atoms with Gasteiger partial charge in [-0.05, 0) is 22.0 Å². The second-order valence-corrected chi connectivity index (χ2v) is 5.95. The molecule has 2 heterocycles. The van der Waals surface area contributed by atoms with Gasteiger partial charge in [0.2, 0.25) is 11.0 Å². The number of hydrogen-bond donors (Lipinski definition) is 0. The minimum Gasteiger partial charge on any atom is -0.349 e. The molecule has 0 unspecified atom stereocenters. The van der Waals surface area contributed by atoms with E-state index in [0.717, 1.165) is 9.35 Å². The minimum absolute atomic E-state index is 0.158. The molecule has 0 radical (unpaired) electrons. The van der Waals surface area contributed by atoms with Gasteiger partial charge in [0.15, 0.2) is 0 Å². The summed E-state index contributed by atoms with van der Waals surface area (Å²) in [5.41, 5.74) is -0.276. The number of nitro groups is 1. The van der Waals surface area contributed by atoms with Gasteiger partial charge in [0.1, 0.15) is 6.33 Å². The highest BCUT2D eigenvalue weighted by atomic mass is 79.9. The van der Waals surface area contributed by atoms with E-state index >= 15 is 0 Å². The zero-order valence-corrected chi connectivity index (χ0v) is 12.9. The average Bonchev–Trinajstić information content (AvgIpc) is 2.73. The van der Waals surface area contributed by atoms with Gasteiger partial charge < -0.3 is 4.90 Å². The lowest BCUT2D eigenvalue weighted by Crippen LogP contribution is -2.18. The molecule has 0 aliphatic heterocycles. The van der Waals surface area contributed by atoms with E-state index in [1.165, 1.54) is 6.33 Å². The first-order valence-electron chi connectivity index (χ1n) is 5.08. The van der Waals surface area contributed by atoms with Crippen molar-refractivity contribution in [3.63, 3.8) is 0 Å². The minimum atomic E-state index is -0.571. The van der Waals surface area contributed by atoms with E-state index in [2.05, 4.69) is 25.9 Å². The summed E-state index contributed by atoms with van der Waals surface area (Å²) in [5, 5.41) is 12.8. The molecule has 0 saturated carbocycles. The molecule has 2 aromatic heterocycles. The summed E-state index contributed by atoms with van der Waals surface area (Å²) in [6.07, 6.45) is 1.21. The fourth-order valence-electron chi connectivity index (χ4n) is 1.53. The summed E-state index contributed by atoms with van der Waals surface area (Å²) in [5.74, 6) is 0.203. The molecular formula is C10H8BrClN4O2S. The second kappa shape index (κ2) is 5.81. The van der Waals surface area contributed by atoms with Crippen molar-refractivity contribution in [1.82, 2.24) is 9.97 Å². The monoisotopic (exact) mass is 362 g/mol. The molecule has 0 saturated heterocycles. The van der Waals surface area contributed by atoms with Crippen LogP contribution in [0.3, 0.4) is 0 Å². The Morgan fingerprint density at radius 1 is 1.58 bits per heavy atom. The van der Waals surface area contributed by atoms with Crippen molar-refractivity contribution in [3.8, 4) is 0 Å². The van der Waals surface area contributed by atoms with Gasteiger partial charge in [-0.15, -0.1) is 11.3 Å². The molecule has 0 bridgehead atoms. The Balaban J connectivity index is 2.31. The first kappa shape index (κ1) is 14.2. The summed E-state index contributed by atoms with van der Waals surface area (Å²) < 4.78 is 0.983. The fraction of sp³-hybridized carbons (Fsp3) is 0.200. The smallest absolute Gasteiger partial charge is 0.348 e. The van der Waals surface area contributed by atoms with E-state index in [0.29, 0.717) is 6.54 Å². The zero-order chi connectivity index (χ0) is 14.0. The van der Waals surface area contributed by atoms with Gasteiger partial charge in [0, 0.05) is 21.8 Å². The number of halogens is 2. The molecular weight excluding hydrogens is 356 g/mol. The third-order valence-electron chi connectivity index (χ3n) is 2.32. The molecule has 0 atom stereocenters. The molecule has 6 nitrogen and oxygen atoms in total. The van der Waals surface area contributed by atoms with Crippen molar-refractivity contribution in [2.75, 3.05) is 11.9 Å². The Morgan fingerprint density at radius 2 is 2.32 bits per heavy atom. The first-order chi connectivity index (χ1) is 8.99. The van der Waals surface area contributed by atoms with Crippen molar-refractivity contribution in [2.24, 2.45) is 0 Å². The number of anilines is 1. The van der Waals surface area contributed by atoms with Gasteiger partial charge in [-0.2, -0.15) is 0 Å². The largest absolute Gasteiger partial charge is 0.349 e. The van der Waals surface area contributed by atoms with Crippen LogP contribution in [0.5, 0.6) is 0 Å². The van der Waals surface area contributed by atoms with Gasteiger partial charge in [-0.3, -0.25) is 10.1 Å². The van der Waals surface area contributed by atoms with Crippen molar-refractivity contribution < 1.29 is 4.92 Å². The normalized spacial score (nSPS) is 10.5. The van der Waals surface area contributed by atoms with Crippen LogP contribution in [-0.2, 0) is 6.54 Å². The van der Waals surface area contributed by atoms with Crippen LogP contribution in [0.25, 0.3) is 0 Å². The van der Waals surface area contributed by atoms with Crippen LogP contribution in [0.4, 0.5) is 11.5 Å². The van der Waals surface area contributed by atoms with Crippen molar-refractivity contribution >= 4 is 50.4 Å². The summed E-state index contributed by atoms with van der Waals surface area (Å²) in [6.45, 7) is 0.504. The molecule has 0 aliphatic carbocycles. The van der Waals surface area contributed by atoms with Crippen LogP contribution >= 0.6 is 38.9 Å². The zero-order valence-electron chi connectivity index (χ0n) is 9.71. The lowest BCUT2D eigenvalue weighted by atomic mass is 10.4. The number of rotatable bonds is 4. The van der Waals surface area contributed by atoms with E-state index in [1.807, 2.05) is 11.4 Å². The summed E-state index contributed by atoms with van der Waals surface area (Å²) >= 11 is 10.7. The number of aromatic nitrogens is 2. The molecule has 2 aromatic rings. The van der Waals surface area contributed by atoms with Crippen molar-refractivity contribution in [3.05, 3.63) is 42.4 Å². The van der Waals surface area contributed by atoms with Crippen LogP contribution in [0.2, 0.25) is 5.15 Å². The van der Waals surface area contributed by atoms with E-state index < -0.39 is 4.92 Å². The van der Waals surface area contributed by atoms with Crippen LogP contribution < -0.4 is 4.90 Å². The number of hydrogen-bond acceptors (Lipinski definition) is 6. The lowest BCUT2D eigenvalue weighted by Gasteiger charge is -2.16. The molecule has 0 spiro atoms. The van der Waals surface area contributed by atoms with Gasteiger partial charge >= 0.3 is 5.69 Å². The van der Waals surface area contributed by atoms with Gasteiger partial charge in [0.05, 0.1) is 11.5 Å². The fourth-order valence-corrected chi connectivity index (χ4v) is 3.23. The topological polar surface area (TPSA) is 72.2 Å². The van der Waals surface area contributed by atoms with E-state index in [9.17, 15) is 10.1 Å². The van der Waals surface area contributed by atoms with Crippen molar-refractivity contribution in [2.45, 2.75) is 6.54 Å². The predicted octanol–water partition coefficient (Wildman–Crippen LogP) is 3.50. The maximum absolute atomic E-state index is 11.0. The molecule has 0 aromatic carbocycles. The standard InChI is InChI=1S/C10H8BrClN4O2S/c1-15(3-7-2-6(11)4-19-7)10-8(16(17)18)9(12)13-5-14-10/h2,4-5H,3H2,1H3. The summed E-state index contributed by atoms with van der Waals surface area (Å²) in [7, 11) is 1.72. The third-order valence-corrected chi connectivity index (χ3v) is 4.28. The third kappa shape index (κ3) is 3.20. The predicted molar refractivity (Wildman–Crippen MR) is 77.8 cm³/mol. The van der Waals surface area contributed by atoms with Crippen LogP contribution in [0.15, 0.2) is 22.2 Å². The van der Waals surface area contributed by atoms with E-state index in [1.54, 1.807) is 23.3 Å². The van der Waals surface area contributed by atoms with Gasteiger partial charge in [-0.25, -0.2) is 9.97 Å². The Labute approximate surface area is 126 Å². The Hall–Kier alpha value is -1.25. The van der Waals surface area contributed by atoms with Crippen LogP contribution in [-0.4, -0.2) is 21.9 Å². The maximum Gasteiger partial charge on any atom is 0.348 e. The first-order valence-corrected chi connectivity index (χ1v) is 7.13. The molecule has 100 valence electrons. The SMILES string of the molecule is CN(Cc1cc(Br)cs1)c1ncnc(Cl)c1[N+](=O)[O-]. The molecule has 2 rings (SSSR count). The highest BCUT2D eigenvalue weighted by Crippen LogP contribution is 2.32. The van der Waals surface area contributed by atoms with Crippen LogP contribution in [0, 0.1) is 10.1 Å². The summed E-state index contributed by atoms with van der Waals surface area (Å²) in [6, 6.07) is 1.95. The van der Waals surface area contributed by atoms with E-state index in [-0.39, 0.29) is 16.7 Å². The molecule has 19 heavy (non-hydrogen) atoms. The van der Waals surface area contributed by atoms with Gasteiger partial charge in [0.25, 0.3) is 0 Å². The molecule has 0 N–H and O–H groups in total. The Morgan fingerprint density at radius 3 is 2.89 bits per heavy atom. The van der Waals surface area contributed by atoms with Crippen molar-refractivity contribution in [1.29, 1.82) is 0 Å². The highest BCUT2D eigenvalue weighted by Gasteiger charge is 2.24. The van der Waals surface area contributed by atoms with Crippen LogP contribution in [0.1, 0.15) is 4.88 Å². The average molecular weight is 364 g/mol. The molecule has 0 amide bonds. The molecule has 9 heteroatoms. The second-order valence-electron chi connectivity index (χ2n) is 3.68. The Bertz CT molecular complexity index is 621. The highest BCUT2D eigenvalue weighted by molar-refractivity contribution is 9.10. The summed E-state index contributed by atoms with van der Waals surface area (Å²) in [4.78, 5) is 20.7. The quantitative estimate of drug-likeness (QED) is 0.472. The maximum atomic E-state index is 11.0. The Kier molecular flexibility index (Phi) is 4.33. The molecule has 0 aliphatic rings. The molecule has 0 fully saturated rings.